The molecule has 1 saturated heterocycles. The van der Waals surface area contributed by atoms with Crippen LogP contribution in [-0.4, -0.2) is 36.7 Å². The average molecular weight is 359 g/mol. The second-order valence-electron chi connectivity index (χ2n) is 6.31. The summed E-state index contributed by atoms with van der Waals surface area (Å²) >= 11 is 1.68. The maximum atomic E-state index is 13.1. The van der Waals surface area contributed by atoms with Crippen LogP contribution >= 0.6 is 11.3 Å². The van der Waals surface area contributed by atoms with Crippen molar-refractivity contribution in [1.82, 2.24) is 4.90 Å². The van der Waals surface area contributed by atoms with Crippen LogP contribution in [0.4, 0.5) is 0 Å². The van der Waals surface area contributed by atoms with Crippen molar-refractivity contribution in [1.29, 1.82) is 0 Å². The summed E-state index contributed by atoms with van der Waals surface area (Å²) in [5, 5.41) is 2.05. The van der Waals surface area contributed by atoms with Gasteiger partial charge in [-0.1, -0.05) is 6.07 Å². The number of thiophene rings is 1. The minimum Gasteiger partial charge on any atom is -0.494 e. The number of benzene rings is 1. The molecule has 0 radical (unpaired) electrons. The van der Waals surface area contributed by atoms with Crippen molar-refractivity contribution in [2.45, 2.75) is 39.3 Å². The summed E-state index contributed by atoms with van der Waals surface area (Å²) in [6.45, 7) is 6.63. The molecule has 4 nitrogen and oxygen atoms in total. The standard InChI is InChI=1S/C20H25NO3S/c1-3-23-19-9-8-16(12-15(19)2)20(22)21(13-17-6-4-10-24-17)14-18-7-5-11-25-18/h5,7-9,11-12,17H,3-4,6,10,13-14H2,1-2H3. The lowest BCUT2D eigenvalue weighted by Gasteiger charge is -2.25. The fourth-order valence-electron chi connectivity index (χ4n) is 3.13. The Morgan fingerprint density at radius 3 is 2.92 bits per heavy atom. The van der Waals surface area contributed by atoms with E-state index >= 15 is 0 Å². The molecule has 3 rings (SSSR count). The number of carbonyl (C=O) groups is 1. The molecule has 1 aromatic carbocycles. The fourth-order valence-corrected chi connectivity index (χ4v) is 3.85. The van der Waals surface area contributed by atoms with Gasteiger partial charge in [-0.3, -0.25) is 4.79 Å². The summed E-state index contributed by atoms with van der Waals surface area (Å²) in [5.41, 5.74) is 1.69. The zero-order valence-electron chi connectivity index (χ0n) is 14.9. The first kappa shape index (κ1) is 18.0. The van der Waals surface area contributed by atoms with Gasteiger partial charge in [-0.25, -0.2) is 0 Å². The van der Waals surface area contributed by atoms with Crippen LogP contribution in [0.5, 0.6) is 5.75 Å². The second-order valence-corrected chi connectivity index (χ2v) is 7.35. The Hall–Kier alpha value is -1.85. The normalized spacial score (nSPS) is 16.8. The van der Waals surface area contributed by atoms with Crippen LogP contribution in [0, 0.1) is 6.92 Å². The zero-order valence-corrected chi connectivity index (χ0v) is 15.7. The first-order valence-corrected chi connectivity index (χ1v) is 9.72. The Kier molecular flexibility index (Phi) is 6.10. The van der Waals surface area contributed by atoms with E-state index in [9.17, 15) is 4.79 Å². The number of amides is 1. The fraction of sp³-hybridized carbons (Fsp3) is 0.450. The maximum absolute atomic E-state index is 13.1. The van der Waals surface area contributed by atoms with Crippen LogP contribution in [0.2, 0.25) is 0 Å². The van der Waals surface area contributed by atoms with Gasteiger partial charge in [0.05, 0.1) is 19.3 Å². The lowest BCUT2D eigenvalue weighted by molar-refractivity contribution is 0.0509. The van der Waals surface area contributed by atoms with Gasteiger partial charge in [-0.15, -0.1) is 11.3 Å². The topological polar surface area (TPSA) is 38.8 Å². The predicted octanol–water partition coefficient (Wildman–Crippen LogP) is 4.28. The molecule has 0 bridgehead atoms. The van der Waals surface area contributed by atoms with Crippen molar-refractivity contribution in [2.24, 2.45) is 0 Å². The third-order valence-corrected chi connectivity index (χ3v) is 5.24. The lowest BCUT2D eigenvalue weighted by Crippen LogP contribution is -2.36. The van der Waals surface area contributed by atoms with Gasteiger partial charge in [-0.05, 0) is 61.9 Å². The van der Waals surface area contributed by atoms with Crippen LogP contribution in [0.15, 0.2) is 35.7 Å². The van der Waals surface area contributed by atoms with E-state index in [0.717, 1.165) is 30.8 Å². The molecule has 1 atom stereocenters. The Labute approximate surface area is 153 Å². The molecule has 1 fully saturated rings. The van der Waals surface area contributed by atoms with Gasteiger partial charge in [0.25, 0.3) is 5.91 Å². The molecule has 134 valence electrons. The van der Waals surface area contributed by atoms with Crippen LogP contribution in [0.25, 0.3) is 0 Å². The molecular formula is C20H25NO3S. The highest BCUT2D eigenvalue weighted by Crippen LogP contribution is 2.23. The van der Waals surface area contributed by atoms with Gasteiger partial charge in [0.1, 0.15) is 5.75 Å². The van der Waals surface area contributed by atoms with Gasteiger partial charge < -0.3 is 14.4 Å². The van der Waals surface area contributed by atoms with E-state index < -0.39 is 0 Å². The van der Waals surface area contributed by atoms with Crippen LogP contribution in [-0.2, 0) is 11.3 Å². The minimum absolute atomic E-state index is 0.0510. The third-order valence-electron chi connectivity index (χ3n) is 4.38. The molecule has 1 aromatic heterocycles. The highest BCUT2D eigenvalue weighted by Gasteiger charge is 2.24. The summed E-state index contributed by atoms with van der Waals surface area (Å²) in [4.78, 5) is 16.2. The molecule has 0 saturated carbocycles. The zero-order chi connectivity index (χ0) is 17.6. The van der Waals surface area contributed by atoms with Crippen LogP contribution < -0.4 is 4.74 Å². The van der Waals surface area contributed by atoms with Crippen molar-refractivity contribution < 1.29 is 14.3 Å². The number of aryl methyl sites for hydroxylation is 1. The van der Waals surface area contributed by atoms with E-state index in [4.69, 9.17) is 9.47 Å². The molecule has 2 heterocycles. The summed E-state index contributed by atoms with van der Waals surface area (Å²) in [6.07, 6.45) is 2.25. The summed E-state index contributed by atoms with van der Waals surface area (Å²) in [6, 6.07) is 9.77. The van der Waals surface area contributed by atoms with Crippen molar-refractivity contribution in [2.75, 3.05) is 19.8 Å². The molecule has 1 unspecified atom stereocenters. The highest BCUT2D eigenvalue weighted by atomic mass is 32.1. The van der Waals surface area contributed by atoms with Gasteiger partial charge in [0.15, 0.2) is 0 Å². The van der Waals surface area contributed by atoms with Crippen LogP contribution in [0.1, 0.15) is 40.6 Å². The first-order chi connectivity index (χ1) is 12.2. The SMILES string of the molecule is CCOc1ccc(C(=O)N(Cc2cccs2)CC2CCCO2)cc1C. The molecule has 0 aliphatic carbocycles. The van der Waals surface area contributed by atoms with Gasteiger partial charge in [0, 0.05) is 23.6 Å². The van der Waals surface area contributed by atoms with E-state index in [2.05, 4.69) is 6.07 Å². The molecule has 2 aromatic rings. The summed E-state index contributed by atoms with van der Waals surface area (Å²) < 4.78 is 11.3. The number of ether oxygens (including phenoxy) is 2. The third kappa shape index (κ3) is 4.61. The first-order valence-electron chi connectivity index (χ1n) is 8.84. The number of rotatable bonds is 7. The number of hydrogen-bond acceptors (Lipinski definition) is 4. The number of carbonyl (C=O) groups excluding carboxylic acids is 1. The van der Waals surface area contributed by atoms with Gasteiger partial charge >= 0.3 is 0 Å². The monoisotopic (exact) mass is 359 g/mol. The molecule has 1 aliphatic heterocycles. The Balaban J connectivity index is 1.78. The van der Waals surface area contributed by atoms with E-state index in [1.165, 1.54) is 4.88 Å². The quantitative estimate of drug-likeness (QED) is 0.741. The Morgan fingerprint density at radius 2 is 2.28 bits per heavy atom. The molecule has 0 N–H and O–H groups in total. The molecule has 1 amide bonds. The highest BCUT2D eigenvalue weighted by molar-refractivity contribution is 7.09. The smallest absolute Gasteiger partial charge is 0.254 e. The van der Waals surface area contributed by atoms with Gasteiger partial charge in [0.2, 0.25) is 0 Å². The summed E-state index contributed by atoms with van der Waals surface area (Å²) in [5.74, 6) is 0.887. The van der Waals surface area contributed by atoms with E-state index in [1.54, 1.807) is 11.3 Å². The van der Waals surface area contributed by atoms with Gasteiger partial charge in [-0.2, -0.15) is 0 Å². The Morgan fingerprint density at radius 1 is 1.40 bits per heavy atom. The number of nitrogens with zero attached hydrogens (tertiary/aromatic N) is 1. The van der Waals surface area contributed by atoms with E-state index in [-0.39, 0.29) is 12.0 Å². The molecule has 0 spiro atoms. The largest absolute Gasteiger partial charge is 0.494 e. The molecule has 5 heteroatoms. The second kappa shape index (κ2) is 8.50. The van der Waals surface area contributed by atoms with Crippen molar-refractivity contribution in [3.05, 3.63) is 51.7 Å². The lowest BCUT2D eigenvalue weighted by atomic mass is 10.1. The van der Waals surface area contributed by atoms with Crippen molar-refractivity contribution >= 4 is 17.2 Å². The molecular weight excluding hydrogens is 334 g/mol. The Bertz CT molecular complexity index is 693. The summed E-state index contributed by atoms with van der Waals surface area (Å²) in [7, 11) is 0. The van der Waals surface area contributed by atoms with Crippen molar-refractivity contribution in [3.63, 3.8) is 0 Å². The minimum atomic E-state index is 0.0510. The number of hydrogen-bond donors (Lipinski definition) is 0. The van der Waals surface area contributed by atoms with E-state index in [1.807, 2.05) is 48.4 Å². The average Bonchev–Trinajstić information content (AvgIpc) is 3.29. The van der Waals surface area contributed by atoms with Crippen LogP contribution in [0.3, 0.4) is 0 Å². The van der Waals surface area contributed by atoms with Crippen molar-refractivity contribution in [3.8, 4) is 5.75 Å². The molecule has 1 aliphatic rings. The van der Waals surface area contributed by atoms with E-state index in [0.29, 0.717) is 25.3 Å². The maximum Gasteiger partial charge on any atom is 0.254 e. The molecule has 25 heavy (non-hydrogen) atoms. The predicted molar refractivity (Wildman–Crippen MR) is 100 cm³/mol.